The Morgan fingerprint density at radius 2 is 2.24 bits per heavy atom. The van der Waals surface area contributed by atoms with Crippen molar-refractivity contribution in [3.05, 3.63) is 29.3 Å². The molecular formula is C16H19NO4. The molecule has 2 heterocycles. The van der Waals surface area contributed by atoms with Gasteiger partial charge in [0.1, 0.15) is 5.75 Å². The number of piperidine rings is 1. The molecule has 0 saturated carbocycles. The fraction of sp³-hybridized carbons (Fsp3) is 0.500. The molecule has 0 radical (unpaired) electrons. The van der Waals surface area contributed by atoms with Crippen molar-refractivity contribution < 1.29 is 19.4 Å². The highest BCUT2D eigenvalue weighted by Crippen LogP contribution is 2.39. The van der Waals surface area contributed by atoms with Gasteiger partial charge in [0.2, 0.25) is 5.91 Å². The van der Waals surface area contributed by atoms with E-state index in [0.29, 0.717) is 26.0 Å². The van der Waals surface area contributed by atoms with Crippen LogP contribution < -0.4 is 4.74 Å². The summed E-state index contributed by atoms with van der Waals surface area (Å²) in [6.07, 6.45) is 1.56. The van der Waals surface area contributed by atoms with Crippen LogP contribution in [0.25, 0.3) is 0 Å². The van der Waals surface area contributed by atoms with Gasteiger partial charge >= 0.3 is 5.97 Å². The van der Waals surface area contributed by atoms with Gasteiger partial charge in [-0.1, -0.05) is 6.07 Å². The molecule has 2 aliphatic rings. The Morgan fingerprint density at radius 3 is 2.95 bits per heavy atom. The highest BCUT2D eigenvalue weighted by Gasteiger charge is 2.40. The molecule has 1 aromatic carbocycles. The number of rotatable bonds is 3. The van der Waals surface area contributed by atoms with Crippen LogP contribution in [0, 0.1) is 5.92 Å². The summed E-state index contributed by atoms with van der Waals surface area (Å²) in [7, 11) is 0. The maximum absolute atomic E-state index is 12.1. The molecule has 1 aromatic rings. The standard InChI is InChI=1S/C16H19NO4/c1-2-17-14(18)6-4-12(16(19)20)15(17)11-3-5-13-10(9-11)7-8-21-13/h3,5,9,12,15H,2,4,6-8H2,1H3,(H,19,20). The van der Waals surface area contributed by atoms with Gasteiger partial charge in [0.15, 0.2) is 0 Å². The van der Waals surface area contributed by atoms with Gasteiger partial charge < -0.3 is 14.7 Å². The molecule has 2 aliphatic heterocycles. The van der Waals surface area contributed by atoms with Crippen LogP contribution in [-0.4, -0.2) is 35.0 Å². The van der Waals surface area contributed by atoms with Crippen LogP contribution in [0.5, 0.6) is 5.75 Å². The lowest BCUT2D eigenvalue weighted by atomic mass is 9.83. The van der Waals surface area contributed by atoms with Gasteiger partial charge in [-0.05, 0) is 36.6 Å². The van der Waals surface area contributed by atoms with Crippen molar-refractivity contribution in [2.24, 2.45) is 5.92 Å². The van der Waals surface area contributed by atoms with Crippen molar-refractivity contribution in [3.63, 3.8) is 0 Å². The van der Waals surface area contributed by atoms with Gasteiger partial charge in [-0.2, -0.15) is 0 Å². The van der Waals surface area contributed by atoms with E-state index >= 15 is 0 Å². The van der Waals surface area contributed by atoms with Crippen LogP contribution in [-0.2, 0) is 16.0 Å². The van der Waals surface area contributed by atoms with E-state index in [1.807, 2.05) is 25.1 Å². The zero-order chi connectivity index (χ0) is 15.0. The summed E-state index contributed by atoms with van der Waals surface area (Å²) in [4.78, 5) is 25.4. The molecule has 0 bridgehead atoms. The molecule has 5 heteroatoms. The first-order chi connectivity index (χ1) is 10.1. The fourth-order valence-electron chi connectivity index (χ4n) is 3.39. The van der Waals surface area contributed by atoms with E-state index in [4.69, 9.17) is 4.74 Å². The average Bonchev–Trinajstić information content (AvgIpc) is 2.93. The Kier molecular flexibility index (Phi) is 3.57. The first kappa shape index (κ1) is 13.9. The second-order valence-corrected chi connectivity index (χ2v) is 5.57. The quantitative estimate of drug-likeness (QED) is 0.924. The van der Waals surface area contributed by atoms with E-state index in [1.165, 1.54) is 0 Å². The lowest BCUT2D eigenvalue weighted by Gasteiger charge is -2.39. The molecule has 1 saturated heterocycles. The second-order valence-electron chi connectivity index (χ2n) is 5.57. The van der Waals surface area contributed by atoms with Crippen molar-refractivity contribution in [1.82, 2.24) is 4.90 Å². The maximum Gasteiger partial charge on any atom is 0.308 e. The molecule has 0 aromatic heterocycles. The number of ether oxygens (including phenoxy) is 1. The smallest absolute Gasteiger partial charge is 0.308 e. The van der Waals surface area contributed by atoms with Crippen LogP contribution in [0.2, 0.25) is 0 Å². The van der Waals surface area contributed by atoms with Gasteiger partial charge in [0.25, 0.3) is 0 Å². The van der Waals surface area contributed by atoms with E-state index < -0.39 is 11.9 Å². The van der Waals surface area contributed by atoms with Gasteiger partial charge in [0, 0.05) is 19.4 Å². The largest absolute Gasteiger partial charge is 0.493 e. The Bertz CT molecular complexity index is 582. The van der Waals surface area contributed by atoms with Crippen LogP contribution in [0.4, 0.5) is 0 Å². The highest BCUT2D eigenvalue weighted by atomic mass is 16.5. The van der Waals surface area contributed by atoms with Gasteiger partial charge in [-0.15, -0.1) is 0 Å². The molecule has 1 amide bonds. The predicted octanol–water partition coefficient (Wildman–Crippen LogP) is 2.01. The van der Waals surface area contributed by atoms with E-state index in [2.05, 4.69) is 0 Å². The zero-order valence-corrected chi connectivity index (χ0v) is 12.0. The number of nitrogens with zero attached hydrogens (tertiary/aromatic N) is 1. The SMILES string of the molecule is CCN1C(=O)CCC(C(=O)O)C1c1ccc2c(c1)CCO2. The second kappa shape index (κ2) is 5.39. The number of carbonyl (C=O) groups excluding carboxylic acids is 1. The highest BCUT2D eigenvalue weighted by molar-refractivity contribution is 5.81. The number of carboxylic acids is 1. The van der Waals surface area contributed by atoms with Crippen LogP contribution in [0.15, 0.2) is 18.2 Å². The average molecular weight is 289 g/mol. The molecule has 1 N–H and O–H groups in total. The molecule has 5 nitrogen and oxygen atoms in total. The van der Waals surface area contributed by atoms with Crippen molar-refractivity contribution in [2.45, 2.75) is 32.2 Å². The molecule has 0 aliphatic carbocycles. The maximum atomic E-state index is 12.1. The number of fused-ring (bicyclic) bond motifs is 1. The van der Waals surface area contributed by atoms with Gasteiger partial charge in [0.05, 0.1) is 18.6 Å². The van der Waals surface area contributed by atoms with Crippen molar-refractivity contribution >= 4 is 11.9 Å². The monoisotopic (exact) mass is 289 g/mol. The number of likely N-dealkylation sites (tertiary alicyclic amines) is 1. The third-order valence-corrected chi connectivity index (χ3v) is 4.42. The minimum atomic E-state index is -0.831. The van der Waals surface area contributed by atoms with E-state index in [1.54, 1.807) is 4.90 Å². The summed E-state index contributed by atoms with van der Waals surface area (Å²) in [5.74, 6) is -0.460. The Balaban J connectivity index is 2.01. The molecule has 1 fully saturated rings. The van der Waals surface area contributed by atoms with Gasteiger partial charge in [-0.3, -0.25) is 9.59 Å². The Labute approximate surface area is 123 Å². The molecule has 2 atom stereocenters. The fourth-order valence-corrected chi connectivity index (χ4v) is 3.39. The number of carbonyl (C=O) groups is 2. The Morgan fingerprint density at radius 1 is 1.43 bits per heavy atom. The van der Waals surface area contributed by atoms with E-state index in [9.17, 15) is 14.7 Å². The van der Waals surface area contributed by atoms with Crippen LogP contribution >= 0.6 is 0 Å². The van der Waals surface area contributed by atoms with Crippen molar-refractivity contribution in [1.29, 1.82) is 0 Å². The summed E-state index contributed by atoms with van der Waals surface area (Å²) in [6, 6.07) is 5.42. The summed E-state index contributed by atoms with van der Waals surface area (Å²) in [6.45, 7) is 3.09. The summed E-state index contributed by atoms with van der Waals surface area (Å²) in [5, 5.41) is 9.50. The van der Waals surface area contributed by atoms with Crippen LogP contribution in [0.3, 0.4) is 0 Å². The number of hydrogen-bond donors (Lipinski definition) is 1. The normalized spacial score (nSPS) is 24.6. The topological polar surface area (TPSA) is 66.8 Å². The molecule has 2 unspecified atom stereocenters. The Hall–Kier alpha value is -2.04. The zero-order valence-electron chi connectivity index (χ0n) is 12.0. The summed E-state index contributed by atoms with van der Waals surface area (Å²) in [5.41, 5.74) is 2.01. The van der Waals surface area contributed by atoms with E-state index in [-0.39, 0.29) is 11.9 Å². The van der Waals surface area contributed by atoms with Crippen molar-refractivity contribution in [3.8, 4) is 5.75 Å². The number of carboxylic acid groups (broad SMARTS) is 1. The lowest BCUT2D eigenvalue weighted by Crippen LogP contribution is -2.45. The van der Waals surface area contributed by atoms with Gasteiger partial charge in [-0.25, -0.2) is 0 Å². The summed E-state index contributed by atoms with van der Waals surface area (Å²) < 4.78 is 5.49. The van der Waals surface area contributed by atoms with Crippen molar-refractivity contribution in [2.75, 3.05) is 13.2 Å². The number of hydrogen-bond acceptors (Lipinski definition) is 3. The minimum Gasteiger partial charge on any atom is -0.493 e. The number of benzene rings is 1. The molecule has 21 heavy (non-hydrogen) atoms. The predicted molar refractivity (Wildman–Crippen MR) is 76.1 cm³/mol. The number of aliphatic carboxylic acids is 1. The number of amides is 1. The first-order valence-corrected chi connectivity index (χ1v) is 7.39. The lowest BCUT2D eigenvalue weighted by molar-refractivity contribution is -0.151. The van der Waals surface area contributed by atoms with Crippen LogP contribution in [0.1, 0.15) is 36.9 Å². The van der Waals surface area contributed by atoms with E-state index in [0.717, 1.165) is 23.3 Å². The molecular weight excluding hydrogens is 270 g/mol. The third kappa shape index (κ3) is 2.37. The molecule has 3 rings (SSSR count). The molecule has 0 spiro atoms. The summed E-state index contributed by atoms with van der Waals surface area (Å²) >= 11 is 0. The molecule has 112 valence electrons. The third-order valence-electron chi connectivity index (χ3n) is 4.42. The first-order valence-electron chi connectivity index (χ1n) is 7.39. The minimum absolute atomic E-state index is 0.0387.